The highest BCUT2D eigenvalue weighted by molar-refractivity contribution is 14.0. The predicted octanol–water partition coefficient (Wildman–Crippen LogP) is 0.899. The number of nitrogens with zero attached hydrogens (tertiary/aromatic N) is 3. The Bertz CT molecular complexity index is 455. The lowest BCUT2D eigenvalue weighted by Crippen LogP contribution is -2.44. The Balaban J connectivity index is 0.00000147. The molecule has 0 saturated carbocycles. The van der Waals surface area contributed by atoms with Crippen molar-refractivity contribution in [1.82, 2.24) is 14.9 Å². The van der Waals surface area contributed by atoms with Crippen LogP contribution in [0.3, 0.4) is 0 Å². The molecule has 2 unspecified atom stereocenters. The molecule has 3 heterocycles. The van der Waals surface area contributed by atoms with Crippen molar-refractivity contribution in [3.05, 3.63) is 18.2 Å². The van der Waals surface area contributed by atoms with E-state index in [0.717, 1.165) is 44.7 Å². The van der Waals surface area contributed by atoms with E-state index in [1.165, 1.54) is 0 Å². The number of aliphatic imine (C=N–C) groups is 1. The first-order valence-electron chi connectivity index (χ1n) is 6.99. The molecule has 0 bridgehead atoms. The number of hydrogen-bond acceptors (Lipinski definition) is 3. The van der Waals surface area contributed by atoms with Gasteiger partial charge in [-0.2, -0.15) is 0 Å². The number of hydrogen-bond donors (Lipinski definition) is 2. The normalized spacial score (nSPS) is 25.9. The fraction of sp³-hybridized carbons (Fsp3) is 0.692. The summed E-state index contributed by atoms with van der Waals surface area (Å²) in [6.07, 6.45) is 8.33. The van der Waals surface area contributed by atoms with Gasteiger partial charge in [-0.05, 0) is 19.3 Å². The third-order valence-corrected chi connectivity index (χ3v) is 3.79. The van der Waals surface area contributed by atoms with Gasteiger partial charge in [-0.3, -0.25) is 4.99 Å². The molecule has 2 aliphatic rings. The van der Waals surface area contributed by atoms with Crippen LogP contribution < -0.4 is 11.1 Å². The molecule has 1 aromatic rings. The van der Waals surface area contributed by atoms with Gasteiger partial charge in [-0.15, -0.1) is 24.0 Å². The quantitative estimate of drug-likeness (QED) is 0.456. The molecule has 3 N–H and O–H groups in total. The van der Waals surface area contributed by atoms with E-state index in [9.17, 15) is 0 Å². The standard InChI is InChI=1S/C13H21N5O.HI/c14-13(16-9-11-2-1-7-19-11)17-10-3-5-18-6-4-15-12(18)8-10;/h4,6,10-11H,1-3,5,7-9H2,(H3,14,16,17);1H. The highest BCUT2D eigenvalue weighted by Gasteiger charge is 2.19. The summed E-state index contributed by atoms with van der Waals surface area (Å²) in [5.74, 6) is 1.65. The number of aromatic nitrogens is 2. The molecule has 1 fully saturated rings. The molecule has 112 valence electrons. The molecule has 3 rings (SSSR count). The van der Waals surface area contributed by atoms with Crippen LogP contribution in [0.5, 0.6) is 0 Å². The van der Waals surface area contributed by atoms with Gasteiger partial charge in [-0.1, -0.05) is 0 Å². The number of guanidine groups is 1. The Morgan fingerprint density at radius 3 is 3.25 bits per heavy atom. The maximum absolute atomic E-state index is 5.93. The number of ether oxygens (including phenoxy) is 1. The van der Waals surface area contributed by atoms with Crippen molar-refractivity contribution in [2.45, 2.75) is 44.4 Å². The lowest BCUT2D eigenvalue weighted by molar-refractivity contribution is 0.117. The van der Waals surface area contributed by atoms with Crippen LogP contribution in [0.25, 0.3) is 0 Å². The van der Waals surface area contributed by atoms with Crippen molar-refractivity contribution < 1.29 is 4.74 Å². The van der Waals surface area contributed by atoms with Gasteiger partial charge in [0.2, 0.25) is 0 Å². The van der Waals surface area contributed by atoms with Crippen LogP contribution in [0.1, 0.15) is 25.1 Å². The maximum atomic E-state index is 5.93. The number of nitrogens with two attached hydrogens (primary N) is 1. The van der Waals surface area contributed by atoms with Crippen LogP contribution in [0.2, 0.25) is 0 Å². The van der Waals surface area contributed by atoms with Crippen molar-refractivity contribution in [3.63, 3.8) is 0 Å². The number of rotatable bonds is 3. The molecule has 1 saturated heterocycles. The summed E-state index contributed by atoms with van der Waals surface area (Å²) in [4.78, 5) is 8.72. The summed E-state index contributed by atoms with van der Waals surface area (Å²) in [7, 11) is 0. The van der Waals surface area contributed by atoms with Gasteiger partial charge in [0.25, 0.3) is 0 Å². The molecule has 7 heteroatoms. The third-order valence-electron chi connectivity index (χ3n) is 3.79. The van der Waals surface area contributed by atoms with Crippen LogP contribution in [0.4, 0.5) is 0 Å². The molecule has 0 aromatic carbocycles. The number of halogens is 1. The van der Waals surface area contributed by atoms with Gasteiger partial charge in [0.05, 0.1) is 12.6 Å². The van der Waals surface area contributed by atoms with E-state index in [2.05, 4.69) is 19.9 Å². The number of imidazole rings is 1. The van der Waals surface area contributed by atoms with Gasteiger partial charge in [0.15, 0.2) is 5.96 Å². The van der Waals surface area contributed by atoms with E-state index in [0.29, 0.717) is 18.5 Å². The van der Waals surface area contributed by atoms with E-state index in [-0.39, 0.29) is 30.1 Å². The third kappa shape index (κ3) is 3.85. The van der Waals surface area contributed by atoms with Crippen molar-refractivity contribution in [1.29, 1.82) is 0 Å². The number of fused-ring (bicyclic) bond motifs is 1. The van der Waals surface area contributed by atoms with E-state index in [1.807, 2.05) is 12.4 Å². The molecule has 0 radical (unpaired) electrons. The fourth-order valence-corrected chi connectivity index (χ4v) is 2.72. The Labute approximate surface area is 136 Å². The molecule has 0 amide bonds. The van der Waals surface area contributed by atoms with Crippen LogP contribution >= 0.6 is 24.0 Å². The first-order valence-corrected chi connectivity index (χ1v) is 6.99. The highest BCUT2D eigenvalue weighted by Crippen LogP contribution is 2.13. The number of nitrogens with one attached hydrogen (secondary N) is 1. The summed E-state index contributed by atoms with van der Waals surface area (Å²) >= 11 is 0. The summed E-state index contributed by atoms with van der Waals surface area (Å²) < 4.78 is 7.72. The van der Waals surface area contributed by atoms with E-state index in [1.54, 1.807) is 0 Å². The van der Waals surface area contributed by atoms with Gasteiger partial charge >= 0.3 is 0 Å². The Hall–Kier alpha value is -0.830. The SMILES string of the molecule is I.NC(=NCC1CCCO1)NC1CCn2ccnc2C1. The summed E-state index contributed by atoms with van der Waals surface area (Å²) in [5, 5.41) is 3.29. The van der Waals surface area contributed by atoms with Crippen LogP contribution in [0, 0.1) is 0 Å². The minimum atomic E-state index is 0. The monoisotopic (exact) mass is 391 g/mol. The minimum Gasteiger partial charge on any atom is -0.376 e. The first kappa shape index (κ1) is 15.6. The average Bonchev–Trinajstić information content (AvgIpc) is 3.07. The summed E-state index contributed by atoms with van der Waals surface area (Å²) in [5.41, 5.74) is 5.93. The molecule has 2 atom stereocenters. The average molecular weight is 391 g/mol. The zero-order valence-electron chi connectivity index (χ0n) is 11.5. The number of aryl methyl sites for hydroxylation is 1. The zero-order chi connectivity index (χ0) is 13.1. The van der Waals surface area contributed by atoms with E-state index < -0.39 is 0 Å². The zero-order valence-corrected chi connectivity index (χ0v) is 13.8. The van der Waals surface area contributed by atoms with Crippen molar-refractivity contribution in [2.24, 2.45) is 10.7 Å². The van der Waals surface area contributed by atoms with Gasteiger partial charge < -0.3 is 20.4 Å². The topological polar surface area (TPSA) is 77.5 Å². The highest BCUT2D eigenvalue weighted by atomic mass is 127. The first-order chi connectivity index (χ1) is 9.31. The van der Waals surface area contributed by atoms with Crippen LogP contribution in [-0.4, -0.2) is 40.8 Å². The minimum absolute atomic E-state index is 0. The molecule has 2 aliphatic heterocycles. The van der Waals surface area contributed by atoms with Crippen LogP contribution in [0.15, 0.2) is 17.4 Å². The molecule has 0 aliphatic carbocycles. The summed E-state index contributed by atoms with van der Waals surface area (Å²) in [6.45, 7) is 2.52. The van der Waals surface area contributed by atoms with Crippen molar-refractivity contribution in [3.8, 4) is 0 Å². The smallest absolute Gasteiger partial charge is 0.188 e. The van der Waals surface area contributed by atoms with Crippen LogP contribution in [-0.2, 0) is 17.7 Å². The Morgan fingerprint density at radius 1 is 1.55 bits per heavy atom. The lowest BCUT2D eigenvalue weighted by Gasteiger charge is -2.24. The van der Waals surface area contributed by atoms with Gasteiger partial charge in [0.1, 0.15) is 5.82 Å². The largest absolute Gasteiger partial charge is 0.376 e. The lowest BCUT2D eigenvalue weighted by atomic mass is 10.1. The Morgan fingerprint density at radius 2 is 2.45 bits per heavy atom. The molecule has 6 nitrogen and oxygen atoms in total. The van der Waals surface area contributed by atoms with Gasteiger partial charge in [0, 0.05) is 38.0 Å². The van der Waals surface area contributed by atoms with E-state index >= 15 is 0 Å². The second-order valence-electron chi connectivity index (χ2n) is 5.23. The van der Waals surface area contributed by atoms with Crippen molar-refractivity contribution >= 4 is 29.9 Å². The maximum Gasteiger partial charge on any atom is 0.188 e. The molecular formula is C13H22IN5O. The van der Waals surface area contributed by atoms with Crippen molar-refractivity contribution in [2.75, 3.05) is 13.2 Å². The van der Waals surface area contributed by atoms with E-state index in [4.69, 9.17) is 10.5 Å². The second kappa shape index (κ2) is 7.26. The molecule has 20 heavy (non-hydrogen) atoms. The second-order valence-corrected chi connectivity index (χ2v) is 5.23. The molecule has 1 aromatic heterocycles. The molecule has 0 spiro atoms. The predicted molar refractivity (Wildman–Crippen MR) is 88.4 cm³/mol. The Kier molecular flexibility index (Phi) is 5.64. The molecular weight excluding hydrogens is 369 g/mol. The summed E-state index contributed by atoms with van der Waals surface area (Å²) in [6, 6.07) is 0.336. The fourth-order valence-electron chi connectivity index (χ4n) is 2.72. The van der Waals surface area contributed by atoms with Gasteiger partial charge in [-0.25, -0.2) is 4.98 Å².